The van der Waals surface area contributed by atoms with Gasteiger partial charge < -0.3 is 9.64 Å². The molecule has 1 saturated heterocycles. The molecule has 0 bridgehead atoms. The standard InChI is InChI=1S/C17H25NO2/c1-13-11-15(17(20-3)12-14(13)2)16(19)7-10-18-8-5-4-6-9-18/h11-12H,4-10H2,1-3H3. The molecule has 0 N–H and O–H groups in total. The summed E-state index contributed by atoms with van der Waals surface area (Å²) in [6, 6.07) is 3.93. The zero-order valence-corrected chi connectivity index (χ0v) is 12.9. The minimum Gasteiger partial charge on any atom is -0.496 e. The van der Waals surface area contributed by atoms with Crippen molar-refractivity contribution in [1.82, 2.24) is 4.90 Å². The van der Waals surface area contributed by atoms with E-state index in [1.54, 1.807) is 7.11 Å². The fourth-order valence-corrected chi connectivity index (χ4v) is 2.75. The molecule has 3 heteroatoms. The summed E-state index contributed by atoms with van der Waals surface area (Å²) in [4.78, 5) is 14.8. The van der Waals surface area contributed by atoms with Crippen LogP contribution in [0.3, 0.4) is 0 Å². The van der Waals surface area contributed by atoms with Crippen LogP contribution >= 0.6 is 0 Å². The molecule has 2 rings (SSSR count). The smallest absolute Gasteiger partial charge is 0.167 e. The van der Waals surface area contributed by atoms with E-state index in [0.717, 1.165) is 36.3 Å². The number of aryl methyl sites for hydroxylation is 2. The number of Topliss-reactive ketones (excluding diaryl/α,β-unsaturated/α-hetero) is 1. The van der Waals surface area contributed by atoms with Crippen LogP contribution in [0.2, 0.25) is 0 Å². The van der Waals surface area contributed by atoms with Gasteiger partial charge in [-0.25, -0.2) is 0 Å². The highest BCUT2D eigenvalue weighted by Crippen LogP contribution is 2.24. The number of ketones is 1. The molecule has 1 aliphatic heterocycles. The van der Waals surface area contributed by atoms with E-state index in [2.05, 4.69) is 4.90 Å². The summed E-state index contributed by atoms with van der Waals surface area (Å²) >= 11 is 0. The van der Waals surface area contributed by atoms with Gasteiger partial charge >= 0.3 is 0 Å². The van der Waals surface area contributed by atoms with Crippen LogP contribution in [0.15, 0.2) is 12.1 Å². The fraction of sp³-hybridized carbons (Fsp3) is 0.588. The molecule has 1 fully saturated rings. The Bertz CT molecular complexity index is 476. The molecule has 110 valence electrons. The van der Waals surface area contributed by atoms with Gasteiger partial charge in [-0.1, -0.05) is 6.42 Å². The Labute approximate surface area is 121 Å². The van der Waals surface area contributed by atoms with Gasteiger partial charge in [-0.3, -0.25) is 4.79 Å². The Morgan fingerprint density at radius 2 is 1.80 bits per heavy atom. The highest BCUT2D eigenvalue weighted by Gasteiger charge is 2.16. The first-order valence-electron chi connectivity index (χ1n) is 7.52. The quantitative estimate of drug-likeness (QED) is 0.772. The van der Waals surface area contributed by atoms with Gasteiger partial charge in [0.25, 0.3) is 0 Å². The van der Waals surface area contributed by atoms with Gasteiger partial charge in [-0.15, -0.1) is 0 Å². The summed E-state index contributed by atoms with van der Waals surface area (Å²) in [6.07, 6.45) is 4.44. The molecule has 0 saturated carbocycles. The van der Waals surface area contributed by atoms with Crippen LogP contribution in [0.25, 0.3) is 0 Å². The zero-order chi connectivity index (χ0) is 14.5. The second kappa shape index (κ2) is 6.89. The van der Waals surface area contributed by atoms with E-state index in [4.69, 9.17) is 4.74 Å². The van der Waals surface area contributed by atoms with Gasteiger partial charge in [0.2, 0.25) is 0 Å². The Balaban J connectivity index is 2.02. The normalized spacial score (nSPS) is 16.1. The first-order chi connectivity index (χ1) is 9.61. The van der Waals surface area contributed by atoms with Crippen LogP contribution in [-0.4, -0.2) is 37.4 Å². The van der Waals surface area contributed by atoms with E-state index in [-0.39, 0.29) is 5.78 Å². The molecule has 0 unspecified atom stereocenters. The van der Waals surface area contributed by atoms with Gasteiger partial charge in [0.1, 0.15) is 5.75 Å². The number of hydrogen-bond donors (Lipinski definition) is 0. The largest absolute Gasteiger partial charge is 0.496 e. The number of piperidine rings is 1. The molecule has 0 atom stereocenters. The van der Waals surface area contributed by atoms with Gasteiger partial charge in [0.15, 0.2) is 5.78 Å². The second-order valence-corrected chi connectivity index (χ2v) is 5.71. The van der Waals surface area contributed by atoms with E-state index in [1.165, 1.54) is 19.3 Å². The zero-order valence-electron chi connectivity index (χ0n) is 12.9. The van der Waals surface area contributed by atoms with Crippen molar-refractivity contribution < 1.29 is 9.53 Å². The van der Waals surface area contributed by atoms with Gasteiger partial charge in [0.05, 0.1) is 12.7 Å². The summed E-state index contributed by atoms with van der Waals surface area (Å²) in [7, 11) is 1.63. The maximum atomic E-state index is 12.4. The molecule has 1 aromatic rings. The molecular weight excluding hydrogens is 250 g/mol. The van der Waals surface area contributed by atoms with Crippen molar-refractivity contribution in [3.05, 3.63) is 28.8 Å². The van der Waals surface area contributed by atoms with Crippen LogP contribution in [0.5, 0.6) is 5.75 Å². The van der Waals surface area contributed by atoms with Crippen molar-refractivity contribution in [2.75, 3.05) is 26.7 Å². The van der Waals surface area contributed by atoms with Crippen molar-refractivity contribution in [2.45, 2.75) is 39.5 Å². The van der Waals surface area contributed by atoms with E-state index >= 15 is 0 Å². The van der Waals surface area contributed by atoms with Crippen LogP contribution in [0, 0.1) is 13.8 Å². The Hall–Kier alpha value is -1.35. The third kappa shape index (κ3) is 3.60. The molecular formula is C17H25NO2. The van der Waals surface area contributed by atoms with Gasteiger partial charge in [-0.05, 0) is 63.0 Å². The van der Waals surface area contributed by atoms with Crippen LogP contribution in [0.1, 0.15) is 47.2 Å². The summed E-state index contributed by atoms with van der Waals surface area (Å²) in [5, 5.41) is 0. The number of methoxy groups -OCH3 is 1. The number of carbonyl (C=O) groups excluding carboxylic acids is 1. The van der Waals surface area contributed by atoms with Crippen molar-refractivity contribution >= 4 is 5.78 Å². The molecule has 20 heavy (non-hydrogen) atoms. The van der Waals surface area contributed by atoms with E-state index in [0.29, 0.717) is 12.2 Å². The SMILES string of the molecule is COc1cc(C)c(C)cc1C(=O)CCN1CCCCC1. The summed E-state index contributed by atoms with van der Waals surface area (Å²) in [5.74, 6) is 0.896. The average molecular weight is 275 g/mol. The van der Waals surface area contributed by atoms with Crippen LogP contribution < -0.4 is 4.74 Å². The number of hydrogen-bond acceptors (Lipinski definition) is 3. The van der Waals surface area contributed by atoms with Gasteiger partial charge in [-0.2, -0.15) is 0 Å². The topological polar surface area (TPSA) is 29.5 Å². The molecule has 1 heterocycles. The third-order valence-electron chi connectivity index (χ3n) is 4.22. The molecule has 0 aromatic heterocycles. The lowest BCUT2D eigenvalue weighted by Crippen LogP contribution is -2.31. The minimum absolute atomic E-state index is 0.190. The molecule has 0 aliphatic carbocycles. The van der Waals surface area contributed by atoms with Crippen molar-refractivity contribution in [3.8, 4) is 5.75 Å². The number of rotatable bonds is 5. The predicted octanol–water partition coefficient (Wildman–Crippen LogP) is 3.37. The summed E-state index contributed by atoms with van der Waals surface area (Å²) < 4.78 is 5.36. The van der Waals surface area contributed by atoms with Gasteiger partial charge in [0, 0.05) is 13.0 Å². The number of likely N-dealkylation sites (tertiary alicyclic amines) is 1. The minimum atomic E-state index is 0.190. The Kier molecular flexibility index (Phi) is 5.18. The second-order valence-electron chi connectivity index (χ2n) is 5.71. The lowest BCUT2D eigenvalue weighted by atomic mass is 10.0. The molecule has 0 amide bonds. The van der Waals surface area contributed by atoms with Crippen molar-refractivity contribution in [2.24, 2.45) is 0 Å². The van der Waals surface area contributed by atoms with Crippen molar-refractivity contribution in [3.63, 3.8) is 0 Å². The molecule has 1 aliphatic rings. The van der Waals surface area contributed by atoms with E-state index in [9.17, 15) is 4.79 Å². The van der Waals surface area contributed by atoms with Crippen molar-refractivity contribution in [1.29, 1.82) is 0 Å². The highest BCUT2D eigenvalue weighted by atomic mass is 16.5. The predicted molar refractivity (Wildman–Crippen MR) is 81.7 cm³/mol. The van der Waals surface area contributed by atoms with E-state index in [1.807, 2.05) is 26.0 Å². The highest BCUT2D eigenvalue weighted by molar-refractivity contribution is 5.99. The van der Waals surface area contributed by atoms with E-state index < -0.39 is 0 Å². The van der Waals surface area contributed by atoms with Crippen LogP contribution in [-0.2, 0) is 0 Å². The first-order valence-corrected chi connectivity index (χ1v) is 7.52. The Morgan fingerprint density at radius 3 is 2.45 bits per heavy atom. The number of ether oxygens (including phenoxy) is 1. The number of nitrogens with zero attached hydrogens (tertiary/aromatic N) is 1. The molecule has 1 aromatic carbocycles. The monoisotopic (exact) mass is 275 g/mol. The molecule has 3 nitrogen and oxygen atoms in total. The molecule has 0 spiro atoms. The van der Waals surface area contributed by atoms with Crippen LogP contribution in [0.4, 0.5) is 0 Å². The summed E-state index contributed by atoms with van der Waals surface area (Å²) in [5.41, 5.74) is 3.04. The number of carbonyl (C=O) groups is 1. The lowest BCUT2D eigenvalue weighted by molar-refractivity contribution is 0.0955. The number of benzene rings is 1. The summed E-state index contributed by atoms with van der Waals surface area (Å²) in [6.45, 7) is 7.22. The molecule has 0 radical (unpaired) electrons. The maximum absolute atomic E-state index is 12.4. The third-order valence-corrected chi connectivity index (χ3v) is 4.22. The Morgan fingerprint density at radius 1 is 1.15 bits per heavy atom. The average Bonchev–Trinajstić information content (AvgIpc) is 2.48. The fourth-order valence-electron chi connectivity index (χ4n) is 2.75. The lowest BCUT2D eigenvalue weighted by Gasteiger charge is -2.26. The maximum Gasteiger partial charge on any atom is 0.167 e. The first kappa shape index (κ1) is 15.0.